The summed E-state index contributed by atoms with van der Waals surface area (Å²) in [7, 11) is -3.95. The second-order valence-electron chi connectivity index (χ2n) is 7.36. The molecule has 1 heterocycles. The molecule has 4 atom stereocenters. The molecule has 4 fully saturated rings. The van der Waals surface area contributed by atoms with Gasteiger partial charge in [-0.25, -0.2) is 13.3 Å². The minimum absolute atomic E-state index is 0.0254. The predicted octanol–water partition coefficient (Wildman–Crippen LogP) is 1.10. The number of anilines is 1. The van der Waals surface area contributed by atoms with Crippen molar-refractivity contribution in [1.29, 1.82) is 0 Å². The summed E-state index contributed by atoms with van der Waals surface area (Å²) in [6, 6.07) is 3.03. The Morgan fingerprint density at radius 1 is 1.11 bits per heavy atom. The zero-order valence-electron chi connectivity index (χ0n) is 14.3. The van der Waals surface area contributed by atoms with Crippen LogP contribution in [-0.2, 0) is 24.2 Å². The predicted molar refractivity (Wildman–Crippen MR) is 91.5 cm³/mol. The van der Waals surface area contributed by atoms with Gasteiger partial charge in [0.2, 0.25) is 11.8 Å². The van der Waals surface area contributed by atoms with E-state index in [1.807, 2.05) is 0 Å². The Kier molecular flexibility index (Phi) is 3.74. The van der Waals surface area contributed by atoms with Crippen molar-refractivity contribution < 1.29 is 27.7 Å². The van der Waals surface area contributed by atoms with Gasteiger partial charge < -0.3 is 0 Å². The second kappa shape index (κ2) is 5.69. The number of fused-ring (bicyclic) bond motifs is 2. The maximum atomic E-state index is 13.0. The van der Waals surface area contributed by atoms with E-state index in [4.69, 9.17) is 0 Å². The van der Waals surface area contributed by atoms with Gasteiger partial charge in [-0.2, -0.15) is 0 Å². The number of sulfone groups is 1. The minimum Gasteiger partial charge on any atom is -0.299 e. The number of hydrogen-bond acceptors (Lipinski definition) is 7. The van der Waals surface area contributed by atoms with E-state index in [1.165, 1.54) is 0 Å². The first-order valence-corrected chi connectivity index (χ1v) is 10.4. The number of ketones is 1. The van der Waals surface area contributed by atoms with Crippen molar-refractivity contribution in [3.8, 4) is 0 Å². The molecule has 2 bridgehead atoms. The maximum Gasteiger partial charge on any atom is 0.270 e. The molecule has 2 amide bonds. The number of nitro groups is 1. The van der Waals surface area contributed by atoms with Gasteiger partial charge in [-0.15, -0.1) is 0 Å². The van der Waals surface area contributed by atoms with Crippen molar-refractivity contribution in [3.05, 3.63) is 28.3 Å². The quantitative estimate of drug-likeness (QED) is 0.427. The van der Waals surface area contributed by atoms with Crippen molar-refractivity contribution in [2.24, 2.45) is 23.7 Å². The molecule has 0 radical (unpaired) electrons. The van der Waals surface area contributed by atoms with Gasteiger partial charge in [0, 0.05) is 30.7 Å². The summed E-state index contributed by atoms with van der Waals surface area (Å²) in [4.78, 5) is 48.8. The summed E-state index contributed by atoms with van der Waals surface area (Å²) in [6.07, 6.45) is 2.36. The van der Waals surface area contributed by atoms with Crippen molar-refractivity contribution in [2.45, 2.75) is 24.2 Å². The molecular weight excluding hydrogens is 376 g/mol. The zero-order chi connectivity index (χ0) is 19.7. The molecule has 27 heavy (non-hydrogen) atoms. The highest BCUT2D eigenvalue weighted by Crippen LogP contribution is 2.52. The third-order valence-corrected chi connectivity index (χ3v) is 6.99. The molecule has 10 heteroatoms. The number of amides is 2. The highest BCUT2D eigenvalue weighted by Gasteiger charge is 2.61. The number of carbonyl (C=O) groups excluding carboxylic acids is 3. The fraction of sp³-hybridized carbons (Fsp3) is 0.471. The first-order chi connectivity index (χ1) is 12.6. The molecule has 0 spiro atoms. The molecule has 1 aliphatic heterocycles. The van der Waals surface area contributed by atoms with E-state index in [2.05, 4.69) is 0 Å². The third-order valence-electron chi connectivity index (χ3n) is 5.86. The molecule has 9 nitrogen and oxygen atoms in total. The van der Waals surface area contributed by atoms with Gasteiger partial charge in [0.25, 0.3) is 5.69 Å². The lowest BCUT2D eigenvalue weighted by Crippen LogP contribution is -2.46. The van der Waals surface area contributed by atoms with Crippen LogP contribution < -0.4 is 4.90 Å². The Morgan fingerprint density at radius 2 is 1.78 bits per heavy atom. The minimum atomic E-state index is -3.95. The summed E-state index contributed by atoms with van der Waals surface area (Å²) in [5.74, 6) is -3.26. The SMILES string of the molecule is CS(=O)(=O)c1cc([N+](=O)[O-])ccc1N1C(=O)C2C3CCC(C(=O)C3)C2C1=O. The van der Waals surface area contributed by atoms with Crippen LogP contribution in [0.5, 0.6) is 0 Å². The van der Waals surface area contributed by atoms with Crippen molar-refractivity contribution in [3.63, 3.8) is 0 Å². The molecule has 3 saturated carbocycles. The average molecular weight is 392 g/mol. The fourth-order valence-corrected chi connectivity index (χ4v) is 5.59. The maximum absolute atomic E-state index is 13.0. The molecule has 0 aromatic heterocycles. The summed E-state index contributed by atoms with van der Waals surface area (Å²) in [5.41, 5.74) is -0.634. The van der Waals surface area contributed by atoms with E-state index in [0.29, 0.717) is 12.8 Å². The molecule has 1 aromatic carbocycles. The van der Waals surface area contributed by atoms with Gasteiger partial charge in [-0.3, -0.25) is 24.5 Å². The van der Waals surface area contributed by atoms with E-state index in [1.54, 1.807) is 0 Å². The lowest BCUT2D eigenvalue weighted by molar-refractivity contribution is -0.385. The van der Waals surface area contributed by atoms with Crippen LogP contribution in [0.3, 0.4) is 0 Å². The van der Waals surface area contributed by atoms with Gasteiger partial charge >= 0.3 is 0 Å². The van der Waals surface area contributed by atoms with Crippen molar-refractivity contribution in [2.75, 3.05) is 11.2 Å². The van der Waals surface area contributed by atoms with Crippen LogP contribution in [0.4, 0.5) is 11.4 Å². The molecule has 4 unspecified atom stereocenters. The number of imide groups is 1. The lowest BCUT2D eigenvalue weighted by atomic mass is 9.59. The summed E-state index contributed by atoms with van der Waals surface area (Å²) in [6.45, 7) is 0. The number of carbonyl (C=O) groups is 3. The first-order valence-electron chi connectivity index (χ1n) is 8.50. The van der Waals surface area contributed by atoms with Gasteiger partial charge in [-0.1, -0.05) is 0 Å². The summed E-state index contributed by atoms with van der Waals surface area (Å²) in [5, 5.41) is 11.0. The summed E-state index contributed by atoms with van der Waals surface area (Å²) < 4.78 is 24.4. The second-order valence-corrected chi connectivity index (χ2v) is 9.34. The van der Waals surface area contributed by atoms with Crippen LogP contribution >= 0.6 is 0 Å². The monoisotopic (exact) mass is 392 g/mol. The van der Waals surface area contributed by atoms with E-state index in [9.17, 15) is 32.9 Å². The van der Waals surface area contributed by atoms with Crippen LogP contribution in [0, 0.1) is 33.8 Å². The first kappa shape index (κ1) is 17.8. The van der Waals surface area contributed by atoms with Crippen LogP contribution in [0.15, 0.2) is 23.1 Å². The van der Waals surface area contributed by atoms with E-state index in [-0.39, 0.29) is 23.8 Å². The van der Waals surface area contributed by atoms with E-state index >= 15 is 0 Å². The van der Waals surface area contributed by atoms with Crippen molar-refractivity contribution >= 4 is 38.8 Å². The van der Waals surface area contributed by atoms with Crippen LogP contribution in [0.25, 0.3) is 0 Å². The van der Waals surface area contributed by atoms with Gasteiger partial charge in [0.1, 0.15) is 5.78 Å². The number of non-ortho nitro benzene ring substituents is 1. The topological polar surface area (TPSA) is 132 Å². The fourth-order valence-electron chi connectivity index (χ4n) is 4.72. The Morgan fingerprint density at radius 3 is 2.37 bits per heavy atom. The Bertz CT molecular complexity index is 1020. The molecule has 5 rings (SSSR count). The highest BCUT2D eigenvalue weighted by molar-refractivity contribution is 7.90. The number of Topliss-reactive ketones (excluding diaryl/α,β-unsaturated/α-hetero) is 1. The molecule has 142 valence electrons. The van der Waals surface area contributed by atoms with Crippen molar-refractivity contribution in [1.82, 2.24) is 0 Å². The molecular formula is C17H16N2O7S. The van der Waals surface area contributed by atoms with Gasteiger partial charge in [-0.05, 0) is 24.8 Å². The number of nitro benzene ring substituents is 1. The number of nitrogens with zero attached hydrogens (tertiary/aromatic N) is 2. The normalized spacial score (nSPS) is 30.0. The highest BCUT2D eigenvalue weighted by atomic mass is 32.2. The third kappa shape index (κ3) is 2.50. The smallest absolute Gasteiger partial charge is 0.270 e. The average Bonchev–Trinajstić information content (AvgIpc) is 2.87. The van der Waals surface area contributed by atoms with Crippen LogP contribution in [-0.4, -0.2) is 37.2 Å². The molecule has 1 saturated heterocycles. The molecule has 4 aliphatic rings. The number of benzene rings is 1. The van der Waals surface area contributed by atoms with Gasteiger partial charge in [0.05, 0.1) is 27.3 Å². The Hall–Kier alpha value is -2.62. The number of rotatable bonds is 3. The zero-order valence-corrected chi connectivity index (χ0v) is 15.1. The summed E-state index contributed by atoms with van der Waals surface area (Å²) >= 11 is 0. The number of hydrogen-bond donors (Lipinski definition) is 0. The molecule has 1 aromatic rings. The van der Waals surface area contributed by atoms with E-state index in [0.717, 1.165) is 29.4 Å². The Labute approximate surface area is 154 Å². The molecule has 3 aliphatic carbocycles. The van der Waals surface area contributed by atoms with Gasteiger partial charge in [0.15, 0.2) is 9.84 Å². The van der Waals surface area contributed by atoms with Crippen LogP contribution in [0.1, 0.15) is 19.3 Å². The van der Waals surface area contributed by atoms with E-state index < -0.39 is 54.9 Å². The molecule has 0 N–H and O–H groups in total. The van der Waals surface area contributed by atoms with Crippen LogP contribution in [0.2, 0.25) is 0 Å². The Balaban J connectivity index is 1.85. The standard InChI is InChI=1S/C17H16N2O7S/c1-27(25,26)13-7-9(19(23)24)3-5-11(13)18-16(21)14-8-2-4-10(12(20)6-8)15(14)17(18)22/h3,5,7-8,10,14-15H,2,4,6H2,1H3. The lowest BCUT2D eigenvalue weighted by Gasteiger charge is -2.41. The largest absolute Gasteiger partial charge is 0.299 e.